The third-order valence-electron chi connectivity index (χ3n) is 1.42. The summed E-state index contributed by atoms with van der Waals surface area (Å²) in [4.78, 5) is 0. The van der Waals surface area contributed by atoms with Crippen molar-refractivity contribution in [3.05, 3.63) is 28.0 Å². The first kappa shape index (κ1) is 9.86. The molecular formula is C8H8BrFOS. The summed E-state index contributed by atoms with van der Waals surface area (Å²) in [6, 6.07) is 2.72. The maximum absolute atomic E-state index is 12.9. The number of halogens is 2. The summed E-state index contributed by atoms with van der Waals surface area (Å²) in [7, 11) is 0. The second-order valence-corrected chi connectivity index (χ2v) is 4.05. The Bertz CT molecular complexity index is 291. The molecule has 0 aliphatic heterocycles. The second-order valence-electron chi connectivity index (χ2n) is 2.33. The van der Waals surface area contributed by atoms with Crippen LogP contribution in [0.15, 0.2) is 16.6 Å². The third-order valence-corrected chi connectivity index (χ3v) is 2.63. The number of benzene rings is 1. The van der Waals surface area contributed by atoms with E-state index in [2.05, 4.69) is 15.9 Å². The van der Waals surface area contributed by atoms with Crippen molar-refractivity contribution < 1.29 is 9.50 Å². The van der Waals surface area contributed by atoms with Crippen LogP contribution in [0.3, 0.4) is 0 Å². The summed E-state index contributed by atoms with van der Waals surface area (Å²) in [5.74, 6) is 0.422. The number of thioether (sulfide) groups is 1. The molecule has 0 aromatic heterocycles. The molecule has 1 rings (SSSR count). The van der Waals surface area contributed by atoms with Crippen LogP contribution in [-0.4, -0.2) is 11.4 Å². The molecule has 0 saturated heterocycles. The number of phenols is 1. The van der Waals surface area contributed by atoms with E-state index in [1.54, 1.807) is 11.8 Å². The van der Waals surface area contributed by atoms with Crippen LogP contribution in [0.4, 0.5) is 4.39 Å². The van der Waals surface area contributed by atoms with Gasteiger partial charge in [-0.25, -0.2) is 4.39 Å². The van der Waals surface area contributed by atoms with Gasteiger partial charge in [0.2, 0.25) is 0 Å². The normalized spacial score (nSPS) is 10.2. The molecule has 66 valence electrons. The van der Waals surface area contributed by atoms with Crippen LogP contribution >= 0.6 is 27.7 Å². The summed E-state index contributed by atoms with van der Waals surface area (Å²) in [6.07, 6.45) is 1.90. The molecule has 0 fully saturated rings. The minimum atomic E-state index is -0.336. The van der Waals surface area contributed by atoms with Gasteiger partial charge in [-0.1, -0.05) is 0 Å². The van der Waals surface area contributed by atoms with E-state index in [0.717, 1.165) is 0 Å². The van der Waals surface area contributed by atoms with Crippen molar-refractivity contribution >= 4 is 27.7 Å². The Kier molecular flexibility index (Phi) is 3.40. The van der Waals surface area contributed by atoms with E-state index in [-0.39, 0.29) is 11.6 Å². The quantitative estimate of drug-likeness (QED) is 0.871. The highest BCUT2D eigenvalue weighted by Gasteiger charge is 2.06. The average Bonchev–Trinajstić information content (AvgIpc) is 2.01. The van der Waals surface area contributed by atoms with E-state index in [0.29, 0.717) is 15.8 Å². The van der Waals surface area contributed by atoms with Crippen molar-refractivity contribution in [2.45, 2.75) is 5.75 Å². The van der Waals surface area contributed by atoms with Gasteiger partial charge in [0.05, 0.1) is 4.47 Å². The summed E-state index contributed by atoms with van der Waals surface area (Å²) in [6.45, 7) is 0. The predicted octanol–water partition coefficient (Wildman–Crippen LogP) is 3.16. The molecule has 12 heavy (non-hydrogen) atoms. The van der Waals surface area contributed by atoms with Gasteiger partial charge < -0.3 is 5.11 Å². The maximum atomic E-state index is 12.9. The Labute approximate surface area is 83.1 Å². The predicted molar refractivity (Wildman–Crippen MR) is 53.0 cm³/mol. The molecule has 0 unspecified atom stereocenters. The Morgan fingerprint density at radius 2 is 2.25 bits per heavy atom. The van der Waals surface area contributed by atoms with Crippen molar-refractivity contribution in [3.63, 3.8) is 0 Å². The molecule has 0 aliphatic rings. The zero-order valence-electron chi connectivity index (χ0n) is 6.47. The molecule has 0 atom stereocenters. The first-order chi connectivity index (χ1) is 5.65. The van der Waals surface area contributed by atoms with Gasteiger partial charge in [0.1, 0.15) is 11.6 Å². The largest absolute Gasteiger partial charge is 0.508 e. The summed E-state index contributed by atoms with van der Waals surface area (Å²) in [5.41, 5.74) is 0.628. The molecule has 0 amide bonds. The highest BCUT2D eigenvalue weighted by Crippen LogP contribution is 2.27. The lowest BCUT2D eigenvalue weighted by molar-refractivity contribution is 0.467. The van der Waals surface area contributed by atoms with Gasteiger partial charge in [-0.2, -0.15) is 11.8 Å². The summed E-state index contributed by atoms with van der Waals surface area (Å²) >= 11 is 4.53. The van der Waals surface area contributed by atoms with E-state index in [4.69, 9.17) is 0 Å². The van der Waals surface area contributed by atoms with Crippen LogP contribution in [0.2, 0.25) is 0 Å². The standard InChI is InChI=1S/C8H8BrFOS/c1-12-4-5-2-7(10)6(9)3-8(5)11/h2-3,11H,4H2,1H3. The fraction of sp³-hybridized carbons (Fsp3) is 0.250. The molecule has 4 heteroatoms. The van der Waals surface area contributed by atoms with Crippen molar-refractivity contribution in [2.24, 2.45) is 0 Å². The Hall–Kier alpha value is -0.220. The molecule has 1 aromatic rings. The molecule has 0 saturated carbocycles. The summed E-state index contributed by atoms with van der Waals surface area (Å²) < 4.78 is 13.2. The number of phenolic OH excluding ortho intramolecular Hbond substituents is 1. The van der Waals surface area contributed by atoms with Crippen LogP contribution in [0.5, 0.6) is 5.75 Å². The SMILES string of the molecule is CSCc1cc(F)c(Br)cc1O. The number of hydrogen-bond acceptors (Lipinski definition) is 2. The highest BCUT2D eigenvalue weighted by molar-refractivity contribution is 9.10. The van der Waals surface area contributed by atoms with Gasteiger partial charge >= 0.3 is 0 Å². The molecule has 0 aliphatic carbocycles. The maximum Gasteiger partial charge on any atom is 0.137 e. The summed E-state index contributed by atoms with van der Waals surface area (Å²) in [5, 5.41) is 9.34. The van der Waals surface area contributed by atoms with Gasteiger partial charge in [0.15, 0.2) is 0 Å². The van der Waals surface area contributed by atoms with E-state index in [1.165, 1.54) is 12.1 Å². The Morgan fingerprint density at radius 3 is 2.83 bits per heavy atom. The molecule has 1 aromatic carbocycles. The van der Waals surface area contributed by atoms with Crippen LogP contribution < -0.4 is 0 Å². The van der Waals surface area contributed by atoms with Crippen molar-refractivity contribution in [2.75, 3.05) is 6.26 Å². The Morgan fingerprint density at radius 1 is 1.58 bits per heavy atom. The van der Waals surface area contributed by atoms with Crippen LogP contribution in [0.25, 0.3) is 0 Å². The number of aromatic hydroxyl groups is 1. The zero-order chi connectivity index (χ0) is 9.14. The molecule has 0 spiro atoms. The van der Waals surface area contributed by atoms with Gasteiger partial charge in [0.25, 0.3) is 0 Å². The monoisotopic (exact) mass is 250 g/mol. The van der Waals surface area contributed by atoms with Crippen LogP contribution in [0.1, 0.15) is 5.56 Å². The van der Waals surface area contributed by atoms with Crippen molar-refractivity contribution in [3.8, 4) is 5.75 Å². The van der Waals surface area contributed by atoms with E-state index in [9.17, 15) is 9.50 Å². The molecule has 0 radical (unpaired) electrons. The number of rotatable bonds is 2. The lowest BCUT2D eigenvalue weighted by Gasteiger charge is -2.03. The molecule has 0 heterocycles. The van der Waals surface area contributed by atoms with Gasteiger partial charge in [0, 0.05) is 11.3 Å². The van der Waals surface area contributed by atoms with Crippen LogP contribution in [0, 0.1) is 5.82 Å². The molecule has 1 nitrogen and oxygen atoms in total. The lowest BCUT2D eigenvalue weighted by Crippen LogP contribution is -1.85. The van der Waals surface area contributed by atoms with Crippen LogP contribution in [-0.2, 0) is 5.75 Å². The van der Waals surface area contributed by atoms with E-state index in [1.807, 2.05) is 6.26 Å². The van der Waals surface area contributed by atoms with E-state index >= 15 is 0 Å². The molecule has 1 N–H and O–H groups in total. The average molecular weight is 251 g/mol. The lowest BCUT2D eigenvalue weighted by atomic mass is 10.2. The topological polar surface area (TPSA) is 20.2 Å². The zero-order valence-corrected chi connectivity index (χ0v) is 8.88. The first-order valence-corrected chi connectivity index (χ1v) is 5.49. The van der Waals surface area contributed by atoms with Gasteiger partial charge in [-0.3, -0.25) is 0 Å². The van der Waals surface area contributed by atoms with Gasteiger partial charge in [-0.05, 0) is 34.3 Å². The van der Waals surface area contributed by atoms with Gasteiger partial charge in [-0.15, -0.1) is 0 Å². The minimum Gasteiger partial charge on any atom is -0.508 e. The van der Waals surface area contributed by atoms with E-state index < -0.39 is 0 Å². The fourth-order valence-corrected chi connectivity index (χ4v) is 1.72. The first-order valence-electron chi connectivity index (χ1n) is 3.31. The highest BCUT2D eigenvalue weighted by atomic mass is 79.9. The third kappa shape index (κ3) is 2.14. The smallest absolute Gasteiger partial charge is 0.137 e. The number of hydrogen-bond donors (Lipinski definition) is 1. The minimum absolute atomic E-state index is 0.137. The fourth-order valence-electron chi connectivity index (χ4n) is 0.849. The molecule has 0 bridgehead atoms. The molecular weight excluding hydrogens is 243 g/mol. The van der Waals surface area contributed by atoms with Crippen molar-refractivity contribution in [1.82, 2.24) is 0 Å². The van der Waals surface area contributed by atoms with Crippen molar-refractivity contribution in [1.29, 1.82) is 0 Å². The Balaban J connectivity index is 3.05. The second kappa shape index (κ2) is 4.14.